The molecule has 2 aromatic heterocycles. The molecule has 4 rings (SSSR count). The number of rotatable bonds is 4. The first-order chi connectivity index (χ1) is 12.3. The number of carbonyl (C=O) groups excluding carboxylic acids is 1. The van der Waals surface area contributed by atoms with Crippen LogP contribution in [-0.4, -0.2) is 67.7 Å². The van der Waals surface area contributed by atoms with E-state index in [1.807, 2.05) is 5.38 Å². The van der Waals surface area contributed by atoms with Crippen molar-refractivity contribution in [1.82, 2.24) is 14.7 Å². The van der Waals surface area contributed by atoms with Gasteiger partial charge in [0.2, 0.25) is 0 Å². The molecule has 1 amide bonds. The van der Waals surface area contributed by atoms with Gasteiger partial charge in [0, 0.05) is 44.6 Å². The zero-order valence-corrected chi connectivity index (χ0v) is 15.4. The Bertz CT molecular complexity index is 721. The van der Waals surface area contributed by atoms with Crippen LogP contribution < -0.4 is 20.4 Å². The standard InChI is InChI=1S/C15H20N6O2S2/c22-13(12-10-24-15(19-12)21-5-7-23-8-6-21)18-11-9-17-25-14(11)20-3-1-16-2-4-20/h9-10,16H,1-8H2,(H,18,22). The predicted molar refractivity (Wildman–Crippen MR) is 100 cm³/mol. The third-order valence-electron chi connectivity index (χ3n) is 4.21. The quantitative estimate of drug-likeness (QED) is 0.822. The molecule has 2 N–H and O–H groups in total. The van der Waals surface area contributed by atoms with Crippen LogP contribution in [-0.2, 0) is 4.74 Å². The highest BCUT2D eigenvalue weighted by molar-refractivity contribution is 7.14. The molecule has 2 fully saturated rings. The fourth-order valence-corrected chi connectivity index (χ4v) is 4.49. The maximum absolute atomic E-state index is 12.6. The topological polar surface area (TPSA) is 82.6 Å². The van der Waals surface area contributed by atoms with Crippen molar-refractivity contribution in [3.05, 3.63) is 17.3 Å². The Morgan fingerprint density at radius 2 is 2.00 bits per heavy atom. The molecule has 10 heteroatoms. The van der Waals surface area contributed by atoms with Crippen LogP contribution in [0.15, 0.2) is 11.6 Å². The number of morpholine rings is 1. The Morgan fingerprint density at radius 1 is 1.20 bits per heavy atom. The molecule has 2 aromatic rings. The molecule has 2 aliphatic heterocycles. The van der Waals surface area contributed by atoms with Gasteiger partial charge in [-0.3, -0.25) is 4.79 Å². The van der Waals surface area contributed by atoms with Gasteiger partial charge in [-0.2, -0.15) is 4.37 Å². The summed E-state index contributed by atoms with van der Waals surface area (Å²) in [5.74, 6) is -0.188. The number of hydrogen-bond donors (Lipinski definition) is 2. The first-order valence-corrected chi connectivity index (χ1v) is 9.96. The summed E-state index contributed by atoms with van der Waals surface area (Å²) in [4.78, 5) is 21.5. The fraction of sp³-hybridized carbons (Fsp3) is 0.533. The van der Waals surface area contributed by atoms with Gasteiger partial charge in [-0.25, -0.2) is 4.98 Å². The van der Waals surface area contributed by atoms with Gasteiger partial charge in [-0.15, -0.1) is 11.3 Å². The Morgan fingerprint density at radius 3 is 2.80 bits per heavy atom. The molecule has 0 spiro atoms. The highest BCUT2D eigenvalue weighted by atomic mass is 32.1. The lowest BCUT2D eigenvalue weighted by Crippen LogP contribution is -2.43. The number of aromatic nitrogens is 2. The minimum absolute atomic E-state index is 0.188. The van der Waals surface area contributed by atoms with E-state index in [2.05, 4.69) is 29.8 Å². The van der Waals surface area contributed by atoms with Crippen molar-refractivity contribution in [1.29, 1.82) is 0 Å². The number of ether oxygens (including phenoxy) is 1. The van der Waals surface area contributed by atoms with Crippen LogP contribution in [0.2, 0.25) is 0 Å². The number of amides is 1. The van der Waals surface area contributed by atoms with Gasteiger partial charge < -0.3 is 25.2 Å². The molecule has 8 nitrogen and oxygen atoms in total. The van der Waals surface area contributed by atoms with E-state index >= 15 is 0 Å². The molecular formula is C15H20N6O2S2. The molecule has 0 aliphatic carbocycles. The van der Waals surface area contributed by atoms with E-state index in [9.17, 15) is 4.79 Å². The normalized spacial score (nSPS) is 18.4. The summed E-state index contributed by atoms with van der Waals surface area (Å²) < 4.78 is 9.61. The number of carbonyl (C=O) groups is 1. The predicted octanol–water partition coefficient (Wildman–Crippen LogP) is 1.10. The molecular weight excluding hydrogens is 360 g/mol. The second kappa shape index (κ2) is 7.65. The largest absolute Gasteiger partial charge is 0.378 e. The highest BCUT2D eigenvalue weighted by Crippen LogP contribution is 2.31. The maximum Gasteiger partial charge on any atom is 0.275 e. The fourth-order valence-electron chi connectivity index (χ4n) is 2.87. The summed E-state index contributed by atoms with van der Waals surface area (Å²) in [6.45, 7) is 6.77. The summed E-state index contributed by atoms with van der Waals surface area (Å²) in [7, 11) is 0. The summed E-state index contributed by atoms with van der Waals surface area (Å²) in [5, 5.41) is 9.99. The van der Waals surface area contributed by atoms with Gasteiger partial charge in [0.25, 0.3) is 5.91 Å². The molecule has 4 heterocycles. The lowest BCUT2D eigenvalue weighted by molar-refractivity contribution is 0.102. The smallest absolute Gasteiger partial charge is 0.275 e. The number of piperazine rings is 1. The van der Waals surface area contributed by atoms with Crippen molar-refractivity contribution in [3.63, 3.8) is 0 Å². The third kappa shape index (κ3) is 3.76. The highest BCUT2D eigenvalue weighted by Gasteiger charge is 2.21. The Balaban J connectivity index is 1.44. The second-order valence-electron chi connectivity index (χ2n) is 5.85. The van der Waals surface area contributed by atoms with Crippen LogP contribution >= 0.6 is 22.9 Å². The molecule has 0 unspecified atom stereocenters. The average Bonchev–Trinajstić information content (AvgIpc) is 3.33. The van der Waals surface area contributed by atoms with Crippen molar-refractivity contribution in [2.45, 2.75) is 0 Å². The van der Waals surface area contributed by atoms with Crippen LogP contribution in [0.5, 0.6) is 0 Å². The molecule has 2 aliphatic rings. The third-order valence-corrected chi connectivity index (χ3v) is 5.97. The minimum atomic E-state index is -0.188. The number of nitrogens with zero attached hydrogens (tertiary/aromatic N) is 4. The maximum atomic E-state index is 12.6. The molecule has 25 heavy (non-hydrogen) atoms. The van der Waals surface area contributed by atoms with Crippen LogP contribution in [0.4, 0.5) is 15.8 Å². The molecule has 0 bridgehead atoms. The Labute approximate surface area is 154 Å². The lowest BCUT2D eigenvalue weighted by Gasteiger charge is -2.28. The lowest BCUT2D eigenvalue weighted by atomic mass is 10.3. The van der Waals surface area contributed by atoms with Crippen molar-refractivity contribution in [2.24, 2.45) is 0 Å². The summed E-state index contributed by atoms with van der Waals surface area (Å²) in [6, 6.07) is 0. The molecule has 0 atom stereocenters. The van der Waals surface area contributed by atoms with Gasteiger partial charge in [-0.1, -0.05) is 0 Å². The van der Waals surface area contributed by atoms with Gasteiger partial charge in [0.1, 0.15) is 10.7 Å². The van der Waals surface area contributed by atoms with Gasteiger partial charge >= 0.3 is 0 Å². The van der Waals surface area contributed by atoms with E-state index in [4.69, 9.17) is 4.74 Å². The van der Waals surface area contributed by atoms with E-state index < -0.39 is 0 Å². The van der Waals surface area contributed by atoms with Crippen LogP contribution in [0.3, 0.4) is 0 Å². The molecule has 134 valence electrons. The molecule has 0 saturated carbocycles. The number of hydrogen-bond acceptors (Lipinski definition) is 9. The number of anilines is 3. The van der Waals surface area contributed by atoms with E-state index in [1.165, 1.54) is 22.9 Å². The van der Waals surface area contributed by atoms with Crippen molar-refractivity contribution in [2.75, 3.05) is 67.6 Å². The Kier molecular flexibility index (Phi) is 5.11. The average molecular weight is 380 g/mol. The number of nitrogens with one attached hydrogen (secondary N) is 2. The Hall–Kier alpha value is -1.75. The summed E-state index contributed by atoms with van der Waals surface area (Å²) >= 11 is 2.91. The van der Waals surface area contributed by atoms with E-state index in [0.717, 1.165) is 55.1 Å². The zero-order valence-electron chi connectivity index (χ0n) is 13.7. The monoisotopic (exact) mass is 380 g/mol. The molecule has 2 saturated heterocycles. The van der Waals surface area contributed by atoms with Crippen molar-refractivity contribution in [3.8, 4) is 0 Å². The van der Waals surface area contributed by atoms with Crippen LogP contribution in [0.1, 0.15) is 10.5 Å². The van der Waals surface area contributed by atoms with Crippen molar-refractivity contribution < 1.29 is 9.53 Å². The van der Waals surface area contributed by atoms with Gasteiger partial charge in [0.05, 0.1) is 25.1 Å². The second-order valence-corrected chi connectivity index (χ2v) is 7.47. The summed E-state index contributed by atoms with van der Waals surface area (Å²) in [6.07, 6.45) is 1.72. The number of thiazole rings is 1. The van der Waals surface area contributed by atoms with Crippen molar-refractivity contribution >= 4 is 44.6 Å². The minimum Gasteiger partial charge on any atom is -0.378 e. The zero-order chi connectivity index (χ0) is 17.1. The van der Waals surface area contributed by atoms with Crippen LogP contribution in [0.25, 0.3) is 0 Å². The van der Waals surface area contributed by atoms with Gasteiger partial charge in [-0.05, 0) is 11.5 Å². The van der Waals surface area contributed by atoms with Crippen LogP contribution in [0, 0.1) is 0 Å². The molecule has 0 aromatic carbocycles. The van der Waals surface area contributed by atoms with E-state index in [1.54, 1.807) is 6.20 Å². The van der Waals surface area contributed by atoms with E-state index in [-0.39, 0.29) is 5.91 Å². The van der Waals surface area contributed by atoms with Gasteiger partial charge in [0.15, 0.2) is 5.13 Å². The first-order valence-electron chi connectivity index (χ1n) is 8.31. The summed E-state index contributed by atoms with van der Waals surface area (Å²) in [5.41, 5.74) is 1.21. The SMILES string of the molecule is O=C(Nc1cnsc1N1CCNCC1)c1csc(N2CCOCC2)n1. The molecule has 0 radical (unpaired) electrons. The first kappa shape index (κ1) is 16.7. The van der Waals surface area contributed by atoms with E-state index in [0.29, 0.717) is 18.9 Å².